The van der Waals surface area contributed by atoms with Crippen LogP contribution >= 0.6 is 0 Å². The van der Waals surface area contributed by atoms with Crippen LogP contribution in [0.15, 0.2) is 66.7 Å². The second kappa shape index (κ2) is 8.06. The van der Waals surface area contributed by atoms with Crippen LogP contribution in [0.3, 0.4) is 0 Å². The summed E-state index contributed by atoms with van der Waals surface area (Å²) in [6.45, 7) is 7.21. The van der Waals surface area contributed by atoms with Crippen molar-refractivity contribution >= 4 is 10.8 Å². The smallest absolute Gasteiger partial charge is 0.0239 e. The number of rotatable bonds is 4. The Kier molecular flexibility index (Phi) is 5.16. The summed E-state index contributed by atoms with van der Waals surface area (Å²) in [4.78, 5) is 5.34. The van der Waals surface area contributed by atoms with E-state index in [2.05, 4.69) is 76.5 Å². The Balaban J connectivity index is 1.16. The summed E-state index contributed by atoms with van der Waals surface area (Å²) in [5, 5.41) is 2.78. The molecule has 2 heteroatoms. The summed E-state index contributed by atoms with van der Waals surface area (Å²) in [5.74, 6) is 0.856. The van der Waals surface area contributed by atoms with Crippen molar-refractivity contribution in [3.05, 3.63) is 83.4 Å². The molecule has 0 saturated carbocycles. The Labute approximate surface area is 168 Å². The first-order valence-electron chi connectivity index (χ1n) is 10.8. The zero-order valence-corrected chi connectivity index (χ0v) is 16.7. The lowest BCUT2D eigenvalue weighted by Gasteiger charge is -2.36. The maximum absolute atomic E-state index is 2.69. The molecule has 0 atom stereocenters. The van der Waals surface area contributed by atoms with Crippen molar-refractivity contribution in [2.24, 2.45) is 5.92 Å². The highest BCUT2D eigenvalue weighted by Gasteiger charge is 2.23. The molecule has 0 radical (unpaired) electrons. The van der Waals surface area contributed by atoms with E-state index < -0.39 is 0 Å². The fraction of sp³-hybridized carbons (Fsp3) is 0.385. The second-order valence-corrected chi connectivity index (χ2v) is 8.61. The van der Waals surface area contributed by atoms with Crippen LogP contribution < -0.4 is 0 Å². The van der Waals surface area contributed by atoms with Gasteiger partial charge in [-0.1, -0.05) is 66.7 Å². The molecule has 0 aromatic heterocycles. The number of nitrogens with zero attached hydrogens (tertiary/aromatic N) is 2. The van der Waals surface area contributed by atoms with Crippen molar-refractivity contribution in [3.63, 3.8) is 0 Å². The standard InChI is InChI=1S/C26H30N2/c1-2-8-24-19-28(17-14-22(24)6-1)18-21-12-15-27(16-13-21)20-25-10-5-9-23-7-3-4-11-26(23)25/h1-11,21H,12-20H2. The third-order valence-corrected chi connectivity index (χ3v) is 6.71. The van der Waals surface area contributed by atoms with Crippen LogP contribution in [-0.4, -0.2) is 36.0 Å². The van der Waals surface area contributed by atoms with Crippen LogP contribution in [0.5, 0.6) is 0 Å². The molecule has 5 rings (SSSR count). The summed E-state index contributed by atoms with van der Waals surface area (Å²) < 4.78 is 0. The van der Waals surface area contributed by atoms with Gasteiger partial charge in [-0.3, -0.25) is 9.80 Å². The van der Waals surface area contributed by atoms with Gasteiger partial charge in [0.25, 0.3) is 0 Å². The Morgan fingerprint density at radius 1 is 0.714 bits per heavy atom. The van der Waals surface area contributed by atoms with Gasteiger partial charge in [0.1, 0.15) is 0 Å². The van der Waals surface area contributed by atoms with Crippen LogP contribution in [0.2, 0.25) is 0 Å². The maximum atomic E-state index is 2.69. The monoisotopic (exact) mass is 370 g/mol. The third kappa shape index (κ3) is 3.85. The lowest BCUT2D eigenvalue weighted by molar-refractivity contribution is 0.133. The zero-order valence-electron chi connectivity index (χ0n) is 16.7. The van der Waals surface area contributed by atoms with Gasteiger partial charge in [-0.2, -0.15) is 0 Å². The Hall–Kier alpha value is -2.16. The first-order valence-corrected chi connectivity index (χ1v) is 10.8. The molecule has 0 spiro atoms. The number of fused-ring (bicyclic) bond motifs is 2. The molecule has 0 aliphatic carbocycles. The van der Waals surface area contributed by atoms with Gasteiger partial charge >= 0.3 is 0 Å². The first-order chi connectivity index (χ1) is 13.8. The van der Waals surface area contributed by atoms with E-state index in [1.54, 1.807) is 11.1 Å². The highest BCUT2D eigenvalue weighted by Crippen LogP contribution is 2.26. The average Bonchev–Trinajstić information content (AvgIpc) is 2.75. The number of piperidine rings is 1. The van der Waals surface area contributed by atoms with Crippen LogP contribution in [0.1, 0.15) is 29.5 Å². The quantitative estimate of drug-likeness (QED) is 0.630. The maximum Gasteiger partial charge on any atom is 0.0239 e. The van der Waals surface area contributed by atoms with Crippen LogP contribution in [0.4, 0.5) is 0 Å². The molecule has 3 aromatic carbocycles. The zero-order chi connectivity index (χ0) is 18.8. The molecule has 1 saturated heterocycles. The molecule has 1 fully saturated rings. The van der Waals surface area contributed by atoms with Crippen LogP contribution in [-0.2, 0) is 19.5 Å². The minimum absolute atomic E-state index is 0.856. The molecule has 0 unspecified atom stereocenters. The minimum atomic E-state index is 0.856. The molecule has 2 aliphatic rings. The van der Waals surface area contributed by atoms with Crippen molar-refractivity contribution in [2.45, 2.75) is 32.4 Å². The molecular weight excluding hydrogens is 340 g/mol. The minimum Gasteiger partial charge on any atom is -0.299 e. The van der Waals surface area contributed by atoms with Crippen molar-refractivity contribution in [2.75, 3.05) is 26.2 Å². The van der Waals surface area contributed by atoms with Gasteiger partial charge in [0.15, 0.2) is 0 Å². The lowest BCUT2D eigenvalue weighted by atomic mass is 9.93. The van der Waals surface area contributed by atoms with Gasteiger partial charge in [-0.05, 0) is 65.7 Å². The molecule has 0 N–H and O–H groups in total. The number of benzene rings is 3. The molecule has 0 amide bonds. The molecule has 28 heavy (non-hydrogen) atoms. The van der Waals surface area contributed by atoms with E-state index in [1.165, 1.54) is 61.8 Å². The van der Waals surface area contributed by atoms with Crippen molar-refractivity contribution in [1.82, 2.24) is 9.80 Å². The largest absolute Gasteiger partial charge is 0.299 e. The summed E-state index contributed by atoms with van der Waals surface area (Å²) in [6.07, 6.45) is 3.89. The fourth-order valence-electron chi connectivity index (χ4n) is 5.07. The molecular formula is C26H30N2. The van der Waals surface area contributed by atoms with Gasteiger partial charge in [0.05, 0.1) is 0 Å². The molecule has 3 aromatic rings. The van der Waals surface area contributed by atoms with Crippen molar-refractivity contribution in [1.29, 1.82) is 0 Å². The van der Waals surface area contributed by atoms with E-state index in [9.17, 15) is 0 Å². The highest BCUT2D eigenvalue weighted by molar-refractivity contribution is 5.85. The van der Waals surface area contributed by atoms with E-state index in [-0.39, 0.29) is 0 Å². The second-order valence-electron chi connectivity index (χ2n) is 8.61. The lowest BCUT2D eigenvalue weighted by Crippen LogP contribution is -2.40. The van der Waals surface area contributed by atoms with E-state index in [0.717, 1.165) is 19.0 Å². The topological polar surface area (TPSA) is 6.48 Å². The normalized spacial score (nSPS) is 19.0. The van der Waals surface area contributed by atoms with E-state index in [0.29, 0.717) is 0 Å². The average molecular weight is 371 g/mol. The Morgan fingerprint density at radius 2 is 1.46 bits per heavy atom. The number of hydrogen-bond donors (Lipinski definition) is 0. The van der Waals surface area contributed by atoms with E-state index in [1.807, 2.05) is 0 Å². The summed E-state index contributed by atoms with van der Waals surface area (Å²) in [5.41, 5.74) is 4.58. The van der Waals surface area contributed by atoms with Gasteiger partial charge in [-0.15, -0.1) is 0 Å². The Morgan fingerprint density at radius 3 is 2.36 bits per heavy atom. The van der Waals surface area contributed by atoms with Gasteiger partial charge in [0, 0.05) is 26.2 Å². The molecule has 2 nitrogen and oxygen atoms in total. The fourth-order valence-corrected chi connectivity index (χ4v) is 5.07. The van der Waals surface area contributed by atoms with Crippen LogP contribution in [0.25, 0.3) is 10.8 Å². The molecule has 144 valence electrons. The number of hydrogen-bond acceptors (Lipinski definition) is 2. The van der Waals surface area contributed by atoms with E-state index in [4.69, 9.17) is 0 Å². The summed E-state index contributed by atoms with van der Waals surface area (Å²) in [6, 6.07) is 24.5. The Bertz CT molecular complexity index is 935. The SMILES string of the molecule is c1ccc2c(c1)CCN(CC1CCN(Cc3cccc4ccccc34)CC1)C2. The third-order valence-electron chi connectivity index (χ3n) is 6.71. The van der Waals surface area contributed by atoms with E-state index >= 15 is 0 Å². The van der Waals surface area contributed by atoms with Crippen LogP contribution in [0, 0.1) is 5.92 Å². The number of likely N-dealkylation sites (tertiary alicyclic amines) is 1. The summed E-state index contributed by atoms with van der Waals surface area (Å²) in [7, 11) is 0. The molecule has 2 aliphatic heterocycles. The van der Waals surface area contributed by atoms with Crippen molar-refractivity contribution in [3.8, 4) is 0 Å². The van der Waals surface area contributed by atoms with Gasteiger partial charge in [0.2, 0.25) is 0 Å². The van der Waals surface area contributed by atoms with Gasteiger partial charge < -0.3 is 0 Å². The van der Waals surface area contributed by atoms with Gasteiger partial charge in [-0.25, -0.2) is 0 Å². The predicted octanol–water partition coefficient (Wildman–Crippen LogP) is 5.11. The molecule has 2 heterocycles. The summed E-state index contributed by atoms with van der Waals surface area (Å²) >= 11 is 0. The highest BCUT2D eigenvalue weighted by atomic mass is 15.2. The van der Waals surface area contributed by atoms with Crippen molar-refractivity contribution < 1.29 is 0 Å². The predicted molar refractivity (Wildman–Crippen MR) is 117 cm³/mol. The first kappa shape index (κ1) is 17.9. The molecule has 0 bridgehead atoms.